The first-order chi connectivity index (χ1) is 16.5. The molecule has 174 valence electrons. The van der Waals surface area contributed by atoms with Crippen LogP contribution >= 0.6 is 0 Å². The highest BCUT2D eigenvalue weighted by Gasteiger charge is 2.31. The largest absolute Gasteiger partial charge is 0.480 e. The van der Waals surface area contributed by atoms with Crippen LogP contribution in [0.2, 0.25) is 0 Å². The molecule has 1 aliphatic carbocycles. The highest BCUT2D eigenvalue weighted by molar-refractivity contribution is 5.89. The van der Waals surface area contributed by atoms with Crippen LogP contribution in [0.4, 0.5) is 4.79 Å². The molecule has 7 heteroatoms. The Kier molecular flexibility index (Phi) is 6.92. The molecule has 0 aliphatic heterocycles. The molecule has 1 aliphatic rings. The van der Waals surface area contributed by atoms with Crippen LogP contribution in [0.15, 0.2) is 78.9 Å². The fourth-order valence-electron chi connectivity index (χ4n) is 4.38. The molecule has 0 saturated heterocycles. The number of hydrogen-bond acceptors (Lipinski definition) is 4. The summed E-state index contributed by atoms with van der Waals surface area (Å²) >= 11 is 0. The molecule has 0 fully saturated rings. The average molecular weight is 459 g/mol. The number of nitrogens with one attached hydrogen (secondary N) is 1. The number of nitrogens with zero attached hydrogens (tertiary/aromatic N) is 1. The number of carbonyl (C=O) groups excluding carboxylic acids is 2. The van der Waals surface area contributed by atoms with Gasteiger partial charge in [-0.3, -0.25) is 9.59 Å². The quantitative estimate of drug-likeness (QED) is 0.528. The summed E-state index contributed by atoms with van der Waals surface area (Å²) in [5.41, 5.74) is 4.97. The molecule has 34 heavy (non-hydrogen) atoms. The third kappa shape index (κ3) is 4.78. The summed E-state index contributed by atoms with van der Waals surface area (Å²) in [6.07, 6.45) is -0.740. The van der Waals surface area contributed by atoms with Crippen molar-refractivity contribution in [2.24, 2.45) is 0 Å². The van der Waals surface area contributed by atoms with Crippen molar-refractivity contribution in [1.82, 2.24) is 10.2 Å². The van der Waals surface area contributed by atoms with Gasteiger partial charge in [0.25, 0.3) is 0 Å². The zero-order chi connectivity index (χ0) is 24.1. The number of ether oxygens (including phenoxy) is 1. The van der Waals surface area contributed by atoms with E-state index in [1.54, 1.807) is 37.3 Å². The molecule has 3 aromatic rings. The van der Waals surface area contributed by atoms with Gasteiger partial charge >= 0.3 is 12.1 Å². The third-order valence-corrected chi connectivity index (χ3v) is 6.01. The minimum Gasteiger partial charge on any atom is -0.480 e. The van der Waals surface area contributed by atoms with Crippen LogP contribution in [0.5, 0.6) is 0 Å². The molecule has 0 unspecified atom stereocenters. The maximum Gasteiger partial charge on any atom is 0.408 e. The fourth-order valence-corrected chi connectivity index (χ4v) is 4.38. The van der Waals surface area contributed by atoms with Gasteiger partial charge < -0.3 is 20.1 Å². The summed E-state index contributed by atoms with van der Waals surface area (Å²) in [5, 5.41) is 11.8. The number of likely N-dealkylation sites (N-methyl/N-ethyl adjacent to an activating group) is 1. The summed E-state index contributed by atoms with van der Waals surface area (Å²) in [7, 11) is 0. The first kappa shape index (κ1) is 23.0. The highest BCUT2D eigenvalue weighted by Crippen LogP contribution is 2.44. The van der Waals surface area contributed by atoms with Crippen molar-refractivity contribution < 1.29 is 24.2 Å². The molecule has 0 spiro atoms. The van der Waals surface area contributed by atoms with Gasteiger partial charge in [0.1, 0.15) is 19.2 Å². The lowest BCUT2D eigenvalue weighted by Crippen LogP contribution is -2.45. The molecular weight excluding hydrogens is 432 g/mol. The van der Waals surface area contributed by atoms with Crippen molar-refractivity contribution in [1.29, 1.82) is 0 Å². The Morgan fingerprint density at radius 3 is 2.03 bits per heavy atom. The van der Waals surface area contributed by atoms with Crippen molar-refractivity contribution in [3.8, 4) is 11.1 Å². The van der Waals surface area contributed by atoms with Crippen LogP contribution in [-0.4, -0.2) is 47.7 Å². The van der Waals surface area contributed by atoms with Crippen molar-refractivity contribution >= 4 is 18.0 Å². The summed E-state index contributed by atoms with van der Waals surface area (Å²) < 4.78 is 5.60. The lowest BCUT2D eigenvalue weighted by atomic mass is 9.98. The molecule has 0 bridgehead atoms. The monoisotopic (exact) mass is 458 g/mol. The minimum atomic E-state index is -1.12. The van der Waals surface area contributed by atoms with Crippen LogP contribution in [0.3, 0.4) is 0 Å². The second-order valence-corrected chi connectivity index (χ2v) is 8.06. The van der Waals surface area contributed by atoms with Crippen LogP contribution < -0.4 is 5.32 Å². The van der Waals surface area contributed by atoms with Crippen LogP contribution in [0.25, 0.3) is 11.1 Å². The Labute approximate surface area is 198 Å². The number of alkyl carbamates (subject to hydrolysis) is 1. The van der Waals surface area contributed by atoms with Crippen molar-refractivity contribution in [2.75, 3.05) is 19.7 Å². The first-order valence-corrected chi connectivity index (χ1v) is 11.2. The van der Waals surface area contributed by atoms with Gasteiger partial charge in [-0.05, 0) is 34.7 Å². The zero-order valence-electron chi connectivity index (χ0n) is 18.8. The number of fused-ring (bicyclic) bond motifs is 3. The van der Waals surface area contributed by atoms with Crippen molar-refractivity contribution in [3.05, 3.63) is 95.6 Å². The number of carboxylic acids is 1. The Bertz CT molecular complexity index is 1150. The van der Waals surface area contributed by atoms with E-state index in [1.807, 2.05) is 36.4 Å². The second-order valence-electron chi connectivity index (χ2n) is 8.06. The summed E-state index contributed by atoms with van der Waals surface area (Å²) in [6.45, 7) is 1.55. The van der Waals surface area contributed by atoms with Crippen molar-refractivity contribution in [3.63, 3.8) is 0 Å². The minimum absolute atomic E-state index is 0.108. The van der Waals surface area contributed by atoms with Gasteiger partial charge in [0, 0.05) is 12.5 Å². The number of benzene rings is 3. The predicted molar refractivity (Wildman–Crippen MR) is 127 cm³/mol. The maximum atomic E-state index is 13.1. The first-order valence-electron chi connectivity index (χ1n) is 11.2. The molecule has 0 saturated carbocycles. The second kappa shape index (κ2) is 10.2. The fraction of sp³-hybridized carbons (Fsp3) is 0.222. The van der Waals surface area contributed by atoms with Gasteiger partial charge in [0.05, 0.1) is 0 Å². The van der Waals surface area contributed by atoms with Crippen LogP contribution in [-0.2, 0) is 14.3 Å². The smallest absolute Gasteiger partial charge is 0.408 e. The van der Waals surface area contributed by atoms with E-state index in [0.717, 1.165) is 22.3 Å². The van der Waals surface area contributed by atoms with Gasteiger partial charge in [-0.15, -0.1) is 0 Å². The topological polar surface area (TPSA) is 95.9 Å². The summed E-state index contributed by atoms with van der Waals surface area (Å²) in [6, 6.07) is 23.7. The standard InChI is InChI=1S/C27H26N2O5/c1-2-29(16-24(30)31)26(32)25(18-10-4-3-5-11-18)28-27(33)34-17-23-21-14-8-6-12-19(21)20-13-7-9-15-22(20)23/h3-15,23,25H,2,16-17H2,1H3,(H,28,33)(H,30,31)/t25-/m1/s1. The molecule has 0 radical (unpaired) electrons. The molecule has 7 nitrogen and oxygen atoms in total. The van der Waals surface area contributed by atoms with Gasteiger partial charge in [-0.1, -0.05) is 78.9 Å². The molecule has 2 N–H and O–H groups in total. The number of aliphatic carboxylic acids is 1. The summed E-state index contributed by atoms with van der Waals surface area (Å²) in [5.74, 6) is -1.74. The number of rotatable bonds is 8. The highest BCUT2D eigenvalue weighted by atomic mass is 16.5. The lowest BCUT2D eigenvalue weighted by molar-refractivity contribution is -0.145. The number of hydrogen-bond donors (Lipinski definition) is 2. The Balaban J connectivity index is 1.51. The SMILES string of the molecule is CCN(CC(=O)O)C(=O)[C@H](NC(=O)OCC1c2ccccc2-c2ccccc21)c1ccccc1. The number of amides is 2. The van der Waals surface area contributed by atoms with Crippen LogP contribution in [0.1, 0.15) is 35.6 Å². The van der Waals surface area contributed by atoms with Gasteiger partial charge in [-0.2, -0.15) is 0 Å². The molecule has 2 amide bonds. The molecule has 1 atom stereocenters. The molecule has 3 aromatic carbocycles. The van der Waals surface area contributed by atoms with Gasteiger partial charge in [0.15, 0.2) is 0 Å². The van der Waals surface area contributed by atoms with Crippen molar-refractivity contribution in [2.45, 2.75) is 18.9 Å². The lowest BCUT2D eigenvalue weighted by Gasteiger charge is -2.26. The number of carboxylic acid groups (broad SMARTS) is 1. The van der Waals surface area contributed by atoms with E-state index in [0.29, 0.717) is 5.56 Å². The van der Waals surface area contributed by atoms with E-state index in [-0.39, 0.29) is 19.1 Å². The van der Waals surface area contributed by atoms with E-state index in [9.17, 15) is 14.4 Å². The van der Waals surface area contributed by atoms with Crippen LogP contribution in [0, 0.1) is 0 Å². The number of carbonyl (C=O) groups is 3. The van der Waals surface area contributed by atoms with E-state index in [4.69, 9.17) is 9.84 Å². The molecule has 0 aromatic heterocycles. The van der Waals surface area contributed by atoms with E-state index < -0.39 is 30.6 Å². The third-order valence-electron chi connectivity index (χ3n) is 6.01. The normalized spacial score (nSPS) is 12.9. The molecule has 0 heterocycles. The van der Waals surface area contributed by atoms with E-state index in [1.165, 1.54) is 4.90 Å². The average Bonchev–Trinajstić information content (AvgIpc) is 3.18. The van der Waals surface area contributed by atoms with Gasteiger partial charge in [0.2, 0.25) is 5.91 Å². The Morgan fingerprint density at radius 2 is 1.47 bits per heavy atom. The van der Waals surface area contributed by atoms with Gasteiger partial charge in [-0.25, -0.2) is 4.79 Å². The maximum absolute atomic E-state index is 13.1. The molecular formula is C27H26N2O5. The van der Waals surface area contributed by atoms with E-state index >= 15 is 0 Å². The van der Waals surface area contributed by atoms with E-state index in [2.05, 4.69) is 17.4 Å². The zero-order valence-corrected chi connectivity index (χ0v) is 18.8. The summed E-state index contributed by atoms with van der Waals surface area (Å²) in [4.78, 5) is 38.3. The Hall–Kier alpha value is -4.13. The predicted octanol–water partition coefficient (Wildman–Crippen LogP) is 4.20. The Morgan fingerprint density at radius 1 is 0.912 bits per heavy atom. The molecule has 4 rings (SSSR count).